The molecule has 0 aliphatic carbocycles. The molecular formula is C22H31NO2S. The van der Waals surface area contributed by atoms with Gasteiger partial charge >= 0.3 is 0 Å². The molecule has 0 saturated heterocycles. The van der Waals surface area contributed by atoms with Crippen LogP contribution < -0.4 is 4.72 Å². The summed E-state index contributed by atoms with van der Waals surface area (Å²) >= 11 is 0. The third kappa shape index (κ3) is 6.58. The summed E-state index contributed by atoms with van der Waals surface area (Å²) in [5, 5.41) is 0. The lowest BCUT2D eigenvalue weighted by atomic mass is 9.86. The number of nitrogens with one attached hydrogen (secondary N) is 1. The molecule has 0 aromatic heterocycles. The Kier molecular flexibility index (Phi) is 6.30. The van der Waals surface area contributed by atoms with Crippen molar-refractivity contribution in [2.45, 2.75) is 52.4 Å². The van der Waals surface area contributed by atoms with Gasteiger partial charge in [0, 0.05) is 6.54 Å². The maximum atomic E-state index is 12.6. The molecule has 0 heterocycles. The van der Waals surface area contributed by atoms with E-state index < -0.39 is 10.0 Å². The minimum atomic E-state index is -3.50. The van der Waals surface area contributed by atoms with E-state index >= 15 is 0 Å². The van der Waals surface area contributed by atoms with Crippen LogP contribution in [0.4, 0.5) is 0 Å². The molecule has 0 atom stereocenters. The zero-order valence-electron chi connectivity index (χ0n) is 16.5. The van der Waals surface area contributed by atoms with E-state index in [2.05, 4.69) is 51.5 Å². The summed E-state index contributed by atoms with van der Waals surface area (Å²) in [6, 6.07) is 17.4. The minimum Gasteiger partial charge on any atom is -0.211 e. The second-order valence-electron chi connectivity index (χ2n) is 9.03. The zero-order valence-corrected chi connectivity index (χ0v) is 17.4. The van der Waals surface area contributed by atoms with Crippen molar-refractivity contribution in [3.05, 3.63) is 65.7 Å². The Bertz CT molecular complexity index is 801. The van der Waals surface area contributed by atoms with Crippen LogP contribution in [0.2, 0.25) is 0 Å². The molecule has 0 bridgehead atoms. The second-order valence-corrected chi connectivity index (χ2v) is 10.8. The lowest BCUT2D eigenvalue weighted by Crippen LogP contribution is -2.35. The van der Waals surface area contributed by atoms with Crippen LogP contribution in [0.1, 0.15) is 45.7 Å². The fraction of sp³-hybridized carbons (Fsp3) is 0.455. The van der Waals surface area contributed by atoms with Crippen molar-refractivity contribution in [2.75, 3.05) is 6.54 Å². The van der Waals surface area contributed by atoms with E-state index in [-0.39, 0.29) is 10.8 Å². The average Bonchev–Trinajstić information content (AvgIpc) is 2.53. The number of hydrogen-bond donors (Lipinski definition) is 1. The molecule has 3 nitrogen and oxygen atoms in total. The largest absolute Gasteiger partial charge is 0.240 e. The van der Waals surface area contributed by atoms with Crippen molar-refractivity contribution in [2.24, 2.45) is 10.8 Å². The van der Waals surface area contributed by atoms with E-state index in [0.29, 0.717) is 11.4 Å². The van der Waals surface area contributed by atoms with Crippen LogP contribution in [0.5, 0.6) is 0 Å². The average molecular weight is 374 g/mol. The molecule has 0 fully saturated rings. The molecule has 2 rings (SSSR count). The maximum Gasteiger partial charge on any atom is 0.240 e. The summed E-state index contributed by atoms with van der Waals surface area (Å²) in [4.78, 5) is 0.325. The van der Waals surface area contributed by atoms with E-state index in [4.69, 9.17) is 0 Å². The summed E-state index contributed by atoms with van der Waals surface area (Å²) in [6.07, 6.45) is 1.74. The van der Waals surface area contributed by atoms with E-state index in [9.17, 15) is 8.42 Å². The Labute approximate surface area is 158 Å². The van der Waals surface area contributed by atoms with Crippen molar-refractivity contribution in [3.63, 3.8) is 0 Å². The van der Waals surface area contributed by atoms with Gasteiger partial charge in [0.1, 0.15) is 0 Å². The summed E-state index contributed by atoms with van der Waals surface area (Å²) in [5.74, 6) is 0. The fourth-order valence-electron chi connectivity index (χ4n) is 2.98. The Morgan fingerprint density at radius 3 is 1.85 bits per heavy atom. The van der Waals surface area contributed by atoms with Gasteiger partial charge in [0.15, 0.2) is 0 Å². The highest BCUT2D eigenvalue weighted by atomic mass is 32.2. The second kappa shape index (κ2) is 7.93. The molecular weight excluding hydrogens is 342 g/mol. The third-order valence-corrected chi connectivity index (χ3v) is 5.65. The predicted octanol–water partition coefficient (Wildman–Crippen LogP) is 4.82. The molecule has 0 amide bonds. The van der Waals surface area contributed by atoms with Gasteiger partial charge in [0.05, 0.1) is 4.90 Å². The van der Waals surface area contributed by atoms with Gasteiger partial charge in [-0.3, -0.25) is 0 Å². The number of rotatable bonds is 7. The monoisotopic (exact) mass is 373 g/mol. The normalized spacial score (nSPS) is 13.0. The van der Waals surface area contributed by atoms with E-state index in [0.717, 1.165) is 18.4 Å². The van der Waals surface area contributed by atoms with Gasteiger partial charge in [0.2, 0.25) is 10.0 Å². The van der Waals surface area contributed by atoms with Gasteiger partial charge in [0.25, 0.3) is 0 Å². The first-order valence-electron chi connectivity index (χ1n) is 9.09. The molecule has 0 aliphatic heterocycles. The smallest absolute Gasteiger partial charge is 0.211 e. The highest BCUT2D eigenvalue weighted by molar-refractivity contribution is 7.89. The maximum absolute atomic E-state index is 12.6. The first-order valence-corrected chi connectivity index (χ1v) is 10.6. The summed E-state index contributed by atoms with van der Waals surface area (Å²) in [5.41, 5.74) is 2.38. The topological polar surface area (TPSA) is 46.2 Å². The molecule has 0 unspecified atom stereocenters. The Balaban J connectivity index is 2.01. The van der Waals surface area contributed by atoms with Crippen LogP contribution in [0.15, 0.2) is 59.5 Å². The molecule has 0 saturated carbocycles. The summed E-state index contributed by atoms with van der Waals surface area (Å²) in [7, 11) is -3.50. The van der Waals surface area contributed by atoms with E-state index in [1.807, 2.05) is 30.3 Å². The lowest BCUT2D eigenvalue weighted by molar-refractivity contribution is 0.361. The molecule has 142 valence electrons. The van der Waals surface area contributed by atoms with Gasteiger partial charge in [-0.1, -0.05) is 77.1 Å². The zero-order chi connectivity index (χ0) is 19.4. The van der Waals surface area contributed by atoms with Gasteiger partial charge in [-0.05, 0) is 46.9 Å². The molecule has 4 heteroatoms. The van der Waals surface area contributed by atoms with Gasteiger partial charge < -0.3 is 0 Å². The van der Waals surface area contributed by atoms with Crippen LogP contribution >= 0.6 is 0 Å². The SMILES string of the molecule is CC(C)(C)Cc1ccc(S(=O)(=O)NCC(C)(C)Cc2ccccc2)cc1. The van der Waals surface area contributed by atoms with Gasteiger partial charge in [-0.15, -0.1) is 0 Å². The van der Waals surface area contributed by atoms with Crippen molar-refractivity contribution in [3.8, 4) is 0 Å². The van der Waals surface area contributed by atoms with Crippen LogP contribution in [0, 0.1) is 10.8 Å². The van der Waals surface area contributed by atoms with Crippen molar-refractivity contribution >= 4 is 10.0 Å². The number of hydrogen-bond acceptors (Lipinski definition) is 2. The molecule has 1 N–H and O–H groups in total. The quantitative estimate of drug-likeness (QED) is 0.756. The Morgan fingerprint density at radius 2 is 1.31 bits per heavy atom. The molecule has 0 aliphatic rings. The van der Waals surface area contributed by atoms with Crippen LogP contribution in [-0.4, -0.2) is 15.0 Å². The van der Waals surface area contributed by atoms with Crippen LogP contribution in [0.3, 0.4) is 0 Å². The van der Waals surface area contributed by atoms with Gasteiger partial charge in [-0.25, -0.2) is 13.1 Å². The first kappa shape index (κ1) is 20.7. The van der Waals surface area contributed by atoms with Crippen molar-refractivity contribution in [1.29, 1.82) is 0 Å². The highest BCUT2D eigenvalue weighted by Gasteiger charge is 2.23. The first-order chi connectivity index (χ1) is 12.0. The highest BCUT2D eigenvalue weighted by Crippen LogP contribution is 2.23. The Morgan fingerprint density at radius 1 is 0.769 bits per heavy atom. The molecule has 0 spiro atoms. The van der Waals surface area contributed by atoms with Crippen LogP contribution in [0.25, 0.3) is 0 Å². The van der Waals surface area contributed by atoms with Crippen LogP contribution in [-0.2, 0) is 22.9 Å². The summed E-state index contributed by atoms with van der Waals surface area (Å²) in [6.45, 7) is 11.1. The summed E-state index contributed by atoms with van der Waals surface area (Å²) < 4.78 is 28.0. The lowest BCUT2D eigenvalue weighted by Gasteiger charge is -2.25. The number of sulfonamides is 1. The van der Waals surface area contributed by atoms with Crippen molar-refractivity contribution < 1.29 is 8.42 Å². The minimum absolute atomic E-state index is 0.166. The number of benzene rings is 2. The molecule has 2 aromatic carbocycles. The fourth-order valence-corrected chi connectivity index (χ4v) is 4.23. The Hall–Kier alpha value is -1.65. The van der Waals surface area contributed by atoms with Crippen molar-refractivity contribution in [1.82, 2.24) is 4.72 Å². The van der Waals surface area contributed by atoms with E-state index in [1.54, 1.807) is 12.1 Å². The third-order valence-electron chi connectivity index (χ3n) is 4.23. The molecule has 26 heavy (non-hydrogen) atoms. The van der Waals surface area contributed by atoms with Gasteiger partial charge in [-0.2, -0.15) is 0 Å². The van der Waals surface area contributed by atoms with E-state index in [1.165, 1.54) is 5.56 Å². The standard InChI is InChI=1S/C22H31NO2S/c1-21(2,3)15-19-11-13-20(14-12-19)26(24,25)23-17-22(4,5)16-18-9-7-6-8-10-18/h6-14,23H,15-17H2,1-5H3. The molecule has 0 radical (unpaired) electrons. The molecule has 2 aromatic rings. The predicted molar refractivity (Wildman–Crippen MR) is 109 cm³/mol.